The molecule has 0 bridgehead atoms. The minimum Gasteiger partial charge on any atom is -0.353 e. The van der Waals surface area contributed by atoms with E-state index in [-0.39, 0.29) is 26.0 Å². The third-order valence-electron chi connectivity index (χ3n) is 4.68. The maximum Gasteiger partial charge on any atom is 0.131 e. The van der Waals surface area contributed by atoms with Crippen LogP contribution < -0.4 is 4.90 Å². The molecule has 4 nitrogen and oxygen atoms in total. The molecule has 0 fully saturated rings. The first-order valence-electron chi connectivity index (χ1n) is 9.19. The fourth-order valence-corrected chi connectivity index (χ4v) is 3.01. The number of nitrogens with zero attached hydrogens (tertiary/aromatic N) is 4. The normalized spacial score (nSPS) is 11.4. The molecule has 0 saturated carbocycles. The van der Waals surface area contributed by atoms with Gasteiger partial charge in [-0.25, -0.2) is 4.98 Å². The van der Waals surface area contributed by atoms with Gasteiger partial charge < -0.3 is 4.90 Å². The van der Waals surface area contributed by atoms with Crippen molar-refractivity contribution in [3.63, 3.8) is 0 Å². The number of rotatable bonds is 5. The van der Waals surface area contributed by atoms with Gasteiger partial charge in [0.1, 0.15) is 5.82 Å². The van der Waals surface area contributed by atoms with Gasteiger partial charge >= 0.3 is 0 Å². The van der Waals surface area contributed by atoms with Gasteiger partial charge in [-0.3, -0.25) is 9.97 Å². The van der Waals surface area contributed by atoms with Crippen molar-refractivity contribution >= 4 is 11.5 Å². The summed E-state index contributed by atoms with van der Waals surface area (Å²) in [7, 11) is 1.99. The fraction of sp³-hybridized carbons (Fsp3) is 0.125. The van der Waals surface area contributed by atoms with E-state index in [0.29, 0.717) is 0 Å². The molecule has 147 valence electrons. The van der Waals surface area contributed by atoms with E-state index >= 15 is 0 Å². The zero-order chi connectivity index (χ0) is 19.3. The first-order valence-corrected chi connectivity index (χ1v) is 9.19. The second-order valence-electron chi connectivity index (χ2n) is 6.55. The van der Waals surface area contributed by atoms with Gasteiger partial charge in [0.05, 0.1) is 11.4 Å². The predicted octanol–water partition coefficient (Wildman–Crippen LogP) is 5.06. The molecule has 1 radical (unpaired) electrons. The van der Waals surface area contributed by atoms with Gasteiger partial charge in [0, 0.05) is 51.2 Å². The van der Waals surface area contributed by atoms with Crippen molar-refractivity contribution < 1.29 is 20.1 Å². The smallest absolute Gasteiger partial charge is 0.131 e. The van der Waals surface area contributed by atoms with Crippen LogP contribution in [0.25, 0.3) is 11.3 Å². The topological polar surface area (TPSA) is 41.9 Å². The van der Waals surface area contributed by atoms with Crippen molar-refractivity contribution in [2.75, 3.05) is 11.9 Å². The molecule has 1 atom stereocenters. The summed E-state index contributed by atoms with van der Waals surface area (Å²) in [4.78, 5) is 16.1. The Morgan fingerprint density at radius 2 is 1.62 bits per heavy atom. The standard InChI is InChI=1S/C24H20N4.Ir/c1-18(22-16-25-17-23(26-22)19-10-5-3-6-11-19)21-14-9-15-24(27-21)28(2)20-12-7-4-8-13-20;/h3-10,12,14-18H,1-2H3;/q-2;. The molecule has 0 aliphatic carbocycles. The van der Waals surface area contributed by atoms with Gasteiger partial charge in [-0.2, -0.15) is 24.3 Å². The first kappa shape index (κ1) is 20.8. The molecule has 1 unspecified atom stereocenters. The monoisotopic (exact) mass is 557 g/mol. The van der Waals surface area contributed by atoms with Crippen LogP contribution in [0, 0.1) is 12.1 Å². The third-order valence-corrected chi connectivity index (χ3v) is 4.68. The van der Waals surface area contributed by atoms with Crippen LogP contribution in [0.1, 0.15) is 24.2 Å². The Morgan fingerprint density at radius 1 is 0.828 bits per heavy atom. The van der Waals surface area contributed by atoms with Crippen LogP contribution in [0.5, 0.6) is 0 Å². The van der Waals surface area contributed by atoms with E-state index in [2.05, 4.69) is 24.0 Å². The van der Waals surface area contributed by atoms with Crippen molar-refractivity contribution in [1.82, 2.24) is 15.0 Å². The molecule has 0 aliphatic rings. The van der Waals surface area contributed by atoms with Gasteiger partial charge in [-0.15, -0.1) is 42.0 Å². The van der Waals surface area contributed by atoms with Gasteiger partial charge in [0.25, 0.3) is 0 Å². The number of benzene rings is 2. The molecule has 2 aromatic heterocycles. The Morgan fingerprint density at radius 3 is 2.34 bits per heavy atom. The SMILES string of the molecule is CC(c1cncc(-c2[c-]cccc2)n1)c1cccc(N(C)c2[c-]cccc2)n1.[Ir]. The quantitative estimate of drug-likeness (QED) is 0.323. The molecule has 0 saturated heterocycles. The van der Waals surface area contributed by atoms with Crippen molar-refractivity contribution in [2.24, 2.45) is 0 Å². The van der Waals surface area contributed by atoms with Crippen molar-refractivity contribution in [3.05, 3.63) is 103 Å². The number of anilines is 2. The van der Waals surface area contributed by atoms with Crippen molar-refractivity contribution in [2.45, 2.75) is 12.8 Å². The zero-order valence-corrected chi connectivity index (χ0v) is 18.6. The summed E-state index contributed by atoms with van der Waals surface area (Å²) in [5.41, 5.74) is 4.56. The van der Waals surface area contributed by atoms with E-state index in [1.807, 2.05) is 78.7 Å². The first-order chi connectivity index (χ1) is 13.7. The van der Waals surface area contributed by atoms with Gasteiger partial charge in [-0.05, 0) is 12.1 Å². The van der Waals surface area contributed by atoms with Crippen LogP contribution in [-0.2, 0) is 20.1 Å². The van der Waals surface area contributed by atoms with Crippen LogP contribution in [0.3, 0.4) is 0 Å². The van der Waals surface area contributed by atoms with E-state index in [4.69, 9.17) is 9.97 Å². The maximum absolute atomic E-state index is 4.86. The molecule has 2 aromatic carbocycles. The van der Waals surface area contributed by atoms with Gasteiger partial charge in [0.15, 0.2) is 0 Å². The molecule has 5 heteroatoms. The van der Waals surface area contributed by atoms with E-state index in [1.54, 1.807) is 12.4 Å². The van der Waals surface area contributed by atoms with Crippen LogP contribution in [0.2, 0.25) is 0 Å². The molecule has 0 amide bonds. The van der Waals surface area contributed by atoms with Crippen molar-refractivity contribution in [1.29, 1.82) is 0 Å². The third kappa shape index (κ3) is 4.76. The number of hydrogen-bond acceptors (Lipinski definition) is 4. The summed E-state index contributed by atoms with van der Waals surface area (Å²) < 4.78 is 0. The molecule has 4 aromatic rings. The Kier molecular flexibility index (Phi) is 6.86. The fourth-order valence-electron chi connectivity index (χ4n) is 3.01. The van der Waals surface area contributed by atoms with Crippen LogP contribution in [0.15, 0.2) is 79.1 Å². The zero-order valence-electron chi connectivity index (χ0n) is 16.2. The number of pyridine rings is 1. The van der Waals surface area contributed by atoms with Gasteiger partial charge in [0.2, 0.25) is 0 Å². The molecule has 0 spiro atoms. The molecule has 0 N–H and O–H groups in total. The number of para-hydroxylation sites is 1. The maximum atomic E-state index is 4.86. The van der Waals surface area contributed by atoms with Crippen molar-refractivity contribution in [3.8, 4) is 11.3 Å². The second-order valence-corrected chi connectivity index (χ2v) is 6.55. The summed E-state index contributed by atoms with van der Waals surface area (Å²) in [6.45, 7) is 2.10. The second kappa shape index (κ2) is 9.55. The molecule has 0 aliphatic heterocycles. The predicted molar refractivity (Wildman–Crippen MR) is 111 cm³/mol. The molecule has 29 heavy (non-hydrogen) atoms. The summed E-state index contributed by atoms with van der Waals surface area (Å²) in [6, 6.07) is 28.2. The largest absolute Gasteiger partial charge is 0.353 e. The van der Waals surface area contributed by atoms with E-state index < -0.39 is 0 Å². The average molecular weight is 557 g/mol. The molecular weight excluding hydrogens is 537 g/mol. The summed E-state index contributed by atoms with van der Waals surface area (Å²) in [5, 5.41) is 0. The molecule has 2 heterocycles. The number of hydrogen-bond donors (Lipinski definition) is 0. The Hall–Kier alpha value is -2.88. The summed E-state index contributed by atoms with van der Waals surface area (Å²) in [6.07, 6.45) is 3.57. The average Bonchev–Trinajstić information content (AvgIpc) is 2.79. The minimum atomic E-state index is 0. The Balaban J connectivity index is 0.00000240. The minimum absolute atomic E-state index is 0. The summed E-state index contributed by atoms with van der Waals surface area (Å²) in [5.74, 6) is 0.886. The Labute approximate surface area is 185 Å². The van der Waals surface area contributed by atoms with Crippen LogP contribution >= 0.6 is 0 Å². The van der Waals surface area contributed by atoms with E-state index in [1.165, 1.54) is 0 Å². The molecule has 4 rings (SSSR count). The van der Waals surface area contributed by atoms with E-state index in [9.17, 15) is 0 Å². The number of aromatic nitrogens is 3. The van der Waals surface area contributed by atoms with Crippen LogP contribution in [0.4, 0.5) is 11.5 Å². The summed E-state index contributed by atoms with van der Waals surface area (Å²) >= 11 is 0. The van der Waals surface area contributed by atoms with E-state index in [0.717, 1.165) is 34.2 Å². The van der Waals surface area contributed by atoms with Gasteiger partial charge in [-0.1, -0.05) is 18.7 Å². The van der Waals surface area contributed by atoms with Crippen LogP contribution in [-0.4, -0.2) is 22.0 Å². The Bertz CT molecular complexity index is 1050. The molecular formula is C24H20IrN4-2.